The van der Waals surface area contributed by atoms with E-state index in [4.69, 9.17) is 9.47 Å². The Labute approximate surface area is 89.4 Å². The molecule has 0 atom stereocenters. The Morgan fingerprint density at radius 1 is 0.933 bits per heavy atom. The summed E-state index contributed by atoms with van der Waals surface area (Å²) in [5.41, 5.74) is 1.20. The van der Waals surface area contributed by atoms with E-state index in [1.807, 2.05) is 24.3 Å². The maximum Gasteiger partial charge on any atom is 0.168 e. The highest BCUT2D eigenvalue weighted by Crippen LogP contribution is 2.37. The third kappa shape index (κ3) is 1.52. The molecule has 0 aliphatic carbocycles. The maximum atomic E-state index is 5.38. The molecule has 78 valence electrons. The zero-order valence-corrected chi connectivity index (χ0v) is 9.20. The highest BCUT2D eigenvalue weighted by Gasteiger charge is 2.10. The van der Waals surface area contributed by atoms with Gasteiger partial charge in [-0.1, -0.05) is 24.3 Å². The molecule has 0 saturated heterocycles. The number of hydrogen-bond donors (Lipinski definition) is 0. The molecular formula is C13H14O2. The minimum atomic E-state index is 0.786. The van der Waals surface area contributed by atoms with Crippen LogP contribution in [-0.2, 0) is 0 Å². The summed E-state index contributed by atoms with van der Waals surface area (Å²) in [6.45, 7) is 2.07. The van der Waals surface area contributed by atoms with E-state index in [1.165, 1.54) is 10.9 Å². The zero-order chi connectivity index (χ0) is 10.8. The van der Waals surface area contributed by atoms with Gasteiger partial charge in [-0.25, -0.2) is 0 Å². The molecule has 0 radical (unpaired) electrons. The molecule has 0 aromatic heterocycles. The summed E-state index contributed by atoms with van der Waals surface area (Å²) in [5, 5.41) is 2.30. The number of benzene rings is 2. The molecule has 0 unspecified atom stereocenters. The quantitative estimate of drug-likeness (QED) is 0.744. The summed E-state index contributed by atoms with van der Waals surface area (Å²) < 4.78 is 10.7. The van der Waals surface area contributed by atoms with Gasteiger partial charge in [0, 0.05) is 5.39 Å². The molecule has 2 aromatic carbocycles. The molecule has 2 rings (SSSR count). The second kappa shape index (κ2) is 3.81. The van der Waals surface area contributed by atoms with Crippen molar-refractivity contribution in [2.24, 2.45) is 0 Å². The molecule has 0 aliphatic rings. The van der Waals surface area contributed by atoms with Crippen LogP contribution in [0.5, 0.6) is 11.5 Å². The second-order valence-corrected chi connectivity index (χ2v) is 3.47. The molecule has 0 amide bonds. The van der Waals surface area contributed by atoms with Gasteiger partial charge in [-0.3, -0.25) is 0 Å². The Hall–Kier alpha value is -1.70. The predicted octanol–water partition coefficient (Wildman–Crippen LogP) is 3.17. The van der Waals surface area contributed by atoms with E-state index in [-0.39, 0.29) is 0 Å². The highest BCUT2D eigenvalue weighted by atomic mass is 16.5. The Bertz CT molecular complexity index is 489. The lowest BCUT2D eigenvalue weighted by atomic mass is 10.0. The minimum Gasteiger partial charge on any atom is -0.493 e. The molecule has 0 bridgehead atoms. The van der Waals surface area contributed by atoms with Crippen molar-refractivity contribution in [1.29, 1.82) is 0 Å². The Balaban J connectivity index is 2.85. The van der Waals surface area contributed by atoms with E-state index in [0.29, 0.717) is 0 Å². The summed E-state index contributed by atoms with van der Waals surface area (Å²) in [6, 6.07) is 10.2. The van der Waals surface area contributed by atoms with Gasteiger partial charge >= 0.3 is 0 Å². The first-order valence-corrected chi connectivity index (χ1v) is 4.88. The van der Waals surface area contributed by atoms with E-state index in [1.54, 1.807) is 14.2 Å². The van der Waals surface area contributed by atoms with Gasteiger partial charge in [0.1, 0.15) is 0 Å². The van der Waals surface area contributed by atoms with Crippen LogP contribution in [0.4, 0.5) is 0 Å². The van der Waals surface area contributed by atoms with Crippen molar-refractivity contribution < 1.29 is 9.47 Å². The van der Waals surface area contributed by atoms with Crippen LogP contribution in [0.25, 0.3) is 10.8 Å². The van der Waals surface area contributed by atoms with Gasteiger partial charge in [-0.05, 0) is 23.9 Å². The van der Waals surface area contributed by atoms with Crippen molar-refractivity contribution >= 4 is 10.8 Å². The third-order valence-corrected chi connectivity index (χ3v) is 2.59. The molecule has 0 fully saturated rings. The van der Waals surface area contributed by atoms with Crippen LogP contribution in [0.3, 0.4) is 0 Å². The summed E-state index contributed by atoms with van der Waals surface area (Å²) >= 11 is 0. The van der Waals surface area contributed by atoms with Crippen LogP contribution >= 0.6 is 0 Å². The lowest BCUT2D eigenvalue weighted by molar-refractivity contribution is 0.358. The summed E-state index contributed by atoms with van der Waals surface area (Å²) in [7, 11) is 3.33. The molecule has 0 heterocycles. The van der Waals surface area contributed by atoms with Crippen molar-refractivity contribution in [2.75, 3.05) is 14.2 Å². The van der Waals surface area contributed by atoms with Gasteiger partial charge in [0.2, 0.25) is 0 Å². The number of rotatable bonds is 2. The minimum absolute atomic E-state index is 0.786. The van der Waals surface area contributed by atoms with Crippen molar-refractivity contribution in [3.05, 3.63) is 35.9 Å². The molecule has 0 saturated carbocycles. The topological polar surface area (TPSA) is 18.5 Å². The fourth-order valence-electron chi connectivity index (χ4n) is 1.86. The summed E-state index contributed by atoms with van der Waals surface area (Å²) in [5.74, 6) is 1.59. The van der Waals surface area contributed by atoms with E-state index in [2.05, 4.69) is 13.0 Å². The largest absolute Gasteiger partial charge is 0.493 e. The maximum absolute atomic E-state index is 5.38. The van der Waals surface area contributed by atoms with Gasteiger partial charge in [-0.2, -0.15) is 0 Å². The van der Waals surface area contributed by atoms with Gasteiger partial charge in [0.25, 0.3) is 0 Å². The average Bonchev–Trinajstić information content (AvgIpc) is 2.29. The molecule has 2 nitrogen and oxygen atoms in total. The van der Waals surface area contributed by atoms with Gasteiger partial charge in [0.15, 0.2) is 11.5 Å². The fourth-order valence-corrected chi connectivity index (χ4v) is 1.86. The zero-order valence-electron chi connectivity index (χ0n) is 9.20. The van der Waals surface area contributed by atoms with Crippen molar-refractivity contribution in [2.45, 2.75) is 6.92 Å². The first-order chi connectivity index (χ1) is 7.27. The molecule has 2 heteroatoms. The van der Waals surface area contributed by atoms with Crippen LogP contribution in [-0.4, -0.2) is 14.2 Å². The van der Waals surface area contributed by atoms with Crippen molar-refractivity contribution in [1.82, 2.24) is 0 Å². The monoisotopic (exact) mass is 202 g/mol. The molecule has 0 spiro atoms. The third-order valence-electron chi connectivity index (χ3n) is 2.59. The van der Waals surface area contributed by atoms with E-state index in [0.717, 1.165) is 16.9 Å². The highest BCUT2D eigenvalue weighted by molar-refractivity contribution is 5.93. The lowest BCUT2D eigenvalue weighted by Gasteiger charge is -2.12. The van der Waals surface area contributed by atoms with Crippen molar-refractivity contribution in [3.8, 4) is 11.5 Å². The number of fused-ring (bicyclic) bond motifs is 1. The van der Waals surface area contributed by atoms with Gasteiger partial charge in [-0.15, -0.1) is 0 Å². The van der Waals surface area contributed by atoms with Gasteiger partial charge < -0.3 is 9.47 Å². The summed E-state index contributed by atoms with van der Waals surface area (Å²) in [4.78, 5) is 0. The van der Waals surface area contributed by atoms with Gasteiger partial charge in [0.05, 0.1) is 14.2 Å². The molecular weight excluding hydrogens is 188 g/mol. The van der Waals surface area contributed by atoms with Crippen LogP contribution in [0, 0.1) is 6.92 Å². The lowest BCUT2D eigenvalue weighted by Crippen LogP contribution is -1.93. The second-order valence-electron chi connectivity index (χ2n) is 3.47. The number of ether oxygens (including phenoxy) is 2. The smallest absolute Gasteiger partial charge is 0.168 e. The first kappa shape index (κ1) is 9.84. The normalized spacial score (nSPS) is 10.3. The first-order valence-electron chi connectivity index (χ1n) is 4.88. The number of hydrogen-bond acceptors (Lipinski definition) is 2. The molecule has 0 aliphatic heterocycles. The summed E-state index contributed by atoms with van der Waals surface area (Å²) in [6.07, 6.45) is 0. The standard InChI is InChI=1S/C13H14O2/c1-9-8-12(14-2)13(15-3)11-7-5-4-6-10(9)11/h4-8H,1-3H3. The Morgan fingerprint density at radius 3 is 2.20 bits per heavy atom. The van der Waals surface area contributed by atoms with Crippen LogP contribution < -0.4 is 9.47 Å². The fraction of sp³-hybridized carbons (Fsp3) is 0.231. The predicted molar refractivity (Wildman–Crippen MR) is 61.8 cm³/mol. The van der Waals surface area contributed by atoms with Crippen LogP contribution in [0.1, 0.15) is 5.56 Å². The SMILES string of the molecule is COc1cc(C)c2ccccc2c1OC. The van der Waals surface area contributed by atoms with E-state index in [9.17, 15) is 0 Å². The Kier molecular flexibility index (Phi) is 2.50. The van der Waals surface area contributed by atoms with Crippen molar-refractivity contribution in [3.63, 3.8) is 0 Å². The molecule has 2 aromatic rings. The molecule has 15 heavy (non-hydrogen) atoms. The molecule has 0 N–H and O–H groups in total. The number of methoxy groups -OCH3 is 2. The average molecular weight is 202 g/mol. The Morgan fingerprint density at radius 2 is 1.60 bits per heavy atom. The van der Waals surface area contributed by atoms with Crippen LogP contribution in [0.2, 0.25) is 0 Å². The van der Waals surface area contributed by atoms with E-state index < -0.39 is 0 Å². The van der Waals surface area contributed by atoms with E-state index >= 15 is 0 Å². The van der Waals surface area contributed by atoms with Crippen LogP contribution in [0.15, 0.2) is 30.3 Å². The number of aryl methyl sites for hydroxylation is 1.